The summed E-state index contributed by atoms with van der Waals surface area (Å²) < 4.78 is 0. The summed E-state index contributed by atoms with van der Waals surface area (Å²) in [6.07, 6.45) is 1.17. The summed E-state index contributed by atoms with van der Waals surface area (Å²) in [6.45, 7) is 3.11. The van der Waals surface area contributed by atoms with Crippen LogP contribution in [0.15, 0.2) is 12.1 Å². The molecule has 2 N–H and O–H groups in total. The third-order valence-corrected chi connectivity index (χ3v) is 4.21. The highest BCUT2D eigenvalue weighted by atomic mass is 35.5. The van der Waals surface area contributed by atoms with E-state index in [0.29, 0.717) is 10.0 Å². The standard InChI is InChI=1S/C11H12Cl2N2/c12-8-3-7-10(4-9(8)13)15-6-11(7)1-2-14-5-11/h3-4,14-15H,1-2,5-6H2/t11-/m0/s1. The minimum atomic E-state index is 0.240. The van der Waals surface area contributed by atoms with Gasteiger partial charge in [-0.2, -0.15) is 0 Å². The number of hydrogen-bond acceptors (Lipinski definition) is 2. The van der Waals surface area contributed by atoms with Crippen LogP contribution in [0, 0.1) is 0 Å². The van der Waals surface area contributed by atoms with Crippen molar-refractivity contribution in [1.29, 1.82) is 0 Å². The quantitative estimate of drug-likeness (QED) is 0.732. The van der Waals surface area contributed by atoms with Crippen molar-refractivity contribution < 1.29 is 0 Å². The Bertz CT molecular complexity index is 411. The number of anilines is 1. The predicted octanol–water partition coefficient (Wildman–Crippen LogP) is 2.65. The van der Waals surface area contributed by atoms with Gasteiger partial charge < -0.3 is 10.6 Å². The van der Waals surface area contributed by atoms with E-state index in [1.165, 1.54) is 12.0 Å². The Morgan fingerprint density at radius 3 is 2.67 bits per heavy atom. The van der Waals surface area contributed by atoms with Crippen LogP contribution < -0.4 is 10.6 Å². The molecule has 2 nitrogen and oxygen atoms in total. The Hall–Kier alpha value is -0.440. The fraction of sp³-hybridized carbons (Fsp3) is 0.455. The Morgan fingerprint density at radius 1 is 1.13 bits per heavy atom. The van der Waals surface area contributed by atoms with Gasteiger partial charge in [0.15, 0.2) is 0 Å². The van der Waals surface area contributed by atoms with Crippen molar-refractivity contribution in [2.75, 3.05) is 25.0 Å². The van der Waals surface area contributed by atoms with Gasteiger partial charge in [-0.25, -0.2) is 0 Å². The zero-order valence-corrected chi connectivity index (χ0v) is 9.75. The topological polar surface area (TPSA) is 24.1 Å². The van der Waals surface area contributed by atoms with Gasteiger partial charge in [-0.05, 0) is 30.7 Å². The molecule has 1 spiro atoms. The SMILES string of the molecule is Clc1cc2c(cc1Cl)[C@]1(CCNC1)CN2. The maximum Gasteiger partial charge on any atom is 0.0613 e. The average Bonchev–Trinajstić information content (AvgIpc) is 2.80. The van der Waals surface area contributed by atoms with E-state index in [9.17, 15) is 0 Å². The largest absolute Gasteiger partial charge is 0.384 e. The molecular weight excluding hydrogens is 231 g/mol. The van der Waals surface area contributed by atoms with Crippen LogP contribution in [-0.2, 0) is 5.41 Å². The molecule has 1 aromatic rings. The van der Waals surface area contributed by atoms with Crippen LogP contribution in [0.4, 0.5) is 5.69 Å². The fourth-order valence-electron chi connectivity index (χ4n) is 2.62. The summed E-state index contributed by atoms with van der Waals surface area (Å²) in [5.74, 6) is 0. The van der Waals surface area contributed by atoms with Crippen molar-refractivity contribution in [1.82, 2.24) is 5.32 Å². The van der Waals surface area contributed by atoms with Crippen LogP contribution in [-0.4, -0.2) is 19.6 Å². The molecule has 1 fully saturated rings. The highest BCUT2D eigenvalue weighted by Crippen LogP contribution is 2.43. The van der Waals surface area contributed by atoms with E-state index in [-0.39, 0.29) is 5.41 Å². The van der Waals surface area contributed by atoms with E-state index in [0.717, 1.165) is 25.3 Å². The normalized spacial score (nSPS) is 28.1. The number of rotatable bonds is 0. The first kappa shape index (κ1) is 9.76. The number of hydrogen-bond donors (Lipinski definition) is 2. The Balaban J connectivity index is 2.13. The molecule has 0 aliphatic carbocycles. The monoisotopic (exact) mass is 242 g/mol. The Morgan fingerprint density at radius 2 is 1.93 bits per heavy atom. The van der Waals surface area contributed by atoms with Gasteiger partial charge in [0.05, 0.1) is 10.0 Å². The average molecular weight is 243 g/mol. The van der Waals surface area contributed by atoms with E-state index in [2.05, 4.69) is 10.6 Å². The van der Waals surface area contributed by atoms with E-state index in [1.807, 2.05) is 12.1 Å². The van der Waals surface area contributed by atoms with Gasteiger partial charge in [0.25, 0.3) is 0 Å². The molecule has 0 saturated carbocycles. The summed E-state index contributed by atoms with van der Waals surface area (Å²) in [6, 6.07) is 3.96. The van der Waals surface area contributed by atoms with Crippen LogP contribution in [0.5, 0.6) is 0 Å². The van der Waals surface area contributed by atoms with Gasteiger partial charge in [-0.3, -0.25) is 0 Å². The molecule has 1 saturated heterocycles. The molecule has 0 radical (unpaired) electrons. The molecule has 2 heterocycles. The molecule has 15 heavy (non-hydrogen) atoms. The van der Waals surface area contributed by atoms with E-state index in [1.54, 1.807) is 0 Å². The maximum absolute atomic E-state index is 6.07. The van der Waals surface area contributed by atoms with Gasteiger partial charge >= 0.3 is 0 Å². The number of nitrogens with one attached hydrogen (secondary N) is 2. The van der Waals surface area contributed by atoms with Crippen molar-refractivity contribution in [2.24, 2.45) is 0 Å². The van der Waals surface area contributed by atoms with Gasteiger partial charge in [-0.1, -0.05) is 23.2 Å². The zero-order chi connectivity index (χ0) is 10.5. The van der Waals surface area contributed by atoms with Gasteiger partial charge in [-0.15, -0.1) is 0 Å². The second-order valence-corrected chi connectivity index (χ2v) is 5.19. The fourth-order valence-corrected chi connectivity index (χ4v) is 2.94. The first-order valence-electron chi connectivity index (χ1n) is 5.15. The number of halogens is 2. The smallest absolute Gasteiger partial charge is 0.0613 e. The second kappa shape index (κ2) is 3.27. The molecular formula is C11H12Cl2N2. The van der Waals surface area contributed by atoms with Gasteiger partial charge in [0.1, 0.15) is 0 Å². The van der Waals surface area contributed by atoms with Crippen LogP contribution in [0.25, 0.3) is 0 Å². The maximum atomic E-state index is 6.07. The highest BCUT2D eigenvalue weighted by molar-refractivity contribution is 6.42. The molecule has 0 amide bonds. The highest BCUT2D eigenvalue weighted by Gasteiger charge is 2.41. The molecule has 0 unspecified atom stereocenters. The van der Waals surface area contributed by atoms with Crippen molar-refractivity contribution in [3.05, 3.63) is 27.7 Å². The first-order valence-corrected chi connectivity index (χ1v) is 5.91. The Labute approximate surface area is 99.0 Å². The van der Waals surface area contributed by atoms with E-state index >= 15 is 0 Å². The van der Waals surface area contributed by atoms with E-state index < -0.39 is 0 Å². The lowest BCUT2D eigenvalue weighted by Gasteiger charge is -2.21. The summed E-state index contributed by atoms with van der Waals surface area (Å²) in [5, 5.41) is 8.12. The molecule has 2 aliphatic rings. The zero-order valence-electron chi connectivity index (χ0n) is 8.24. The summed E-state index contributed by atoms with van der Waals surface area (Å²) in [7, 11) is 0. The molecule has 4 heteroatoms. The van der Waals surface area contributed by atoms with Crippen LogP contribution in [0.1, 0.15) is 12.0 Å². The van der Waals surface area contributed by atoms with Crippen LogP contribution in [0.2, 0.25) is 10.0 Å². The first-order chi connectivity index (χ1) is 7.21. The van der Waals surface area contributed by atoms with E-state index in [4.69, 9.17) is 23.2 Å². The number of fused-ring (bicyclic) bond motifs is 2. The molecule has 0 bridgehead atoms. The molecule has 80 valence electrons. The van der Waals surface area contributed by atoms with Crippen molar-refractivity contribution >= 4 is 28.9 Å². The number of benzene rings is 1. The van der Waals surface area contributed by atoms with Crippen LogP contribution >= 0.6 is 23.2 Å². The van der Waals surface area contributed by atoms with Gasteiger partial charge in [0.2, 0.25) is 0 Å². The van der Waals surface area contributed by atoms with Crippen molar-refractivity contribution in [3.8, 4) is 0 Å². The van der Waals surface area contributed by atoms with Crippen molar-refractivity contribution in [3.63, 3.8) is 0 Å². The second-order valence-electron chi connectivity index (χ2n) is 4.37. The minimum absolute atomic E-state index is 0.240. The van der Waals surface area contributed by atoms with Crippen molar-refractivity contribution in [2.45, 2.75) is 11.8 Å². The summed E-state index contributed by atoms with van der Waals surface area (Å²) >= 11 is 12.1. The lowest BCUT2D eigenvalue weighted by Crippen LogP contribution is -2.30. The molecule has 0 aromatic heterocycles. The minimum Gasteiger partial charge on any atom is -0.384 e. The lowest BCUT2D eigenvalue weighted by molar-refractivity contribution is 0.522. The molecule has 1 aromatic carbocycles. The molecule has 1 atom stereocenters. The third kappa shape index (κ3) is 1.36. The summed E-state index contributed by atoms with van der Waals surface area (Å²) in [4.78, 5) is 0. The van der Waals surface area contributed by atoms with Gasteiger partial charge in [0, 0.05) is 24.2 Å². The lowest BCUT2D eigenvalue weighted by atomic mass is 9.82. The summed E-state index contributed by atoms with van der Waals surface area (Å²) in [5.41, 5.74) is 2.71. The van der Waals surface area contributed by atoms with Crippen LogP contribution in [0.3, 0.4) is 0 Å². The third-order valence-electron chi connectivity index (χ3n) is 3.49. The predicted molar refractivity (Wildman–Crippen MR) is 64.1 cm³/mol. The molecule has 2 aliphatic heterocycles. The molecule has 3 rings (SSSR count). The Kier molecular flexibility index (Phi) is 2.13.